The lowest BCUT2D eigenvalue weighted by atomic mass is 10.3. The molecular weight excluding hydrogens is 423 g/mol. The van der Waals surface area contributed by atoms with Gasteiger partial charge in [0.25, 0.3) is 5.89 Å². The van der Waals surface area contributed by atoms with E-state index in [1.807, 2.05) is 11.4 Å². The van der Waals surface area contributed by atoms with Crippen molar-refractivity contribution in [3.05, 3.63) is 55.3 Å². The number of hydrogen-bond acceptors (Lipinski definition) is 6. The third-order valence-corrected chi connectivity index (χ3v) is 4.89. The molecule has 2 heterocycles. The number of nitrogens with one attached hydrogen (secondary N) is 2. The van der Waals surface area contributed by atoms with Crippen LogP contribution >= 0.6 is 46.1 Å². The topological polar surface area (TPSA) is 89.2 Å². The molecule has 1 amide bonds. The number of rotatable bonds is 6. The standard InChI is InChI=1S/C15H11Cl3N4O3S/c16-8-6-9(17)13(10(18)7-8)20-19-12(23)3-4-22-15(24)25-14(21-22)11-2-1-5-26-11/h1-2,5-7,20H,3-4H2,(H,19,23). The lowest BCUT2D eigenvalue weighted by molar-refractivity contribution is -0.120. The average Bonchev–Trinajstić information content (AvgIpc) is 3.21. The molecule has 0 aliphatic heterocycles. The largest absolute Gasteiger partial charge is 0.437 e. The summed E-state index contributed by atoms with van der Waals surface area (Å²) in [4.78, 5) is 24.5. The second-order valence-corrected chi connectivity index (χ2v) is 7.24. The summed E-state index contributed by atoms with van der Waals surface area (Å²) in [6, 6.07) is 6.59. The first-order valence-corrected chi connectivity index (χ1v) is 9.26. The van der Waals surface area contributed by atoms with Crippen molar-refractivity contribution in [2.75, 3.05) is 5.43 Å². The summed E-state index contributed by atoms with van der Waals surface area (Å²) in [5.74, 6) is -0.791. The van der Waals surface area contributed by atoms with E-state index in [2.05, 4.69) is 16.0 Å². The fraction of sp³-hybridized carbons (Fsp3) is 0.133. The highest BCUT2D eigenvalue weighted by Gasteiger charge is 2.13. The highest BCUT2D eigenvalue weighted by Crippen LogP contribution is 2.33. The second kappa shape index (κ2) is 8.13. The van der Waals surface area contributed by atoms with E-state index in [-0.39, 0.29) is 34.8 Å². The molecule has 136 valence electrons. The van der Waals surface area contributed by atoms with Crippen LogP contribution in [0, 0.1) is 0 Å². The smallest absolute Gasteiger partial charge is 0.387 e. The van der Waals surface area contributed by atoms with Gasteiger partial charge in [-0.2, -0.15) is 4.68 Å². The van der Waals surface area contributed by atoms with Gasteiger partial charge in [0.2, 0.25) is 5.91 Å². The van der Waals surface area contributed by atoms with E-state index < -0.39 is 5.76 Å². The van der Waals surface area contributed by atoms with E-state index in [1.165, 1.54) is 23.5 Å². The molecule has 3 aromatic rings. The minimum atomic E-state index is -0.627. The number of anilines is 1. The molecule has 0 saturated heterocycles. The van der Waals surface area contributed by atoms with Crippen LogP contribution < -0.4 is 16.6 Å². The van der Waals surface area contributed by atoms with Gasteiger partial charge in [-0.1, -0.05) is 40.9 Å². The number of carbonyl (C=O) groups is 1. The van der Waals surface area contributed by atoms with Gasteiger partial charge in [-0.15, -0.1) is 16.4 Å². The van der Waals surface area contributed by atoms with Crippen LogP contribution in [-0.4, -0.2) is 15.7 Å². The van der Waals surface area contributed by atoms with Gasteiger partial charge >= 0.3 is 5.76 Å². The third kappa shape index (κ3) is 4.39. The molecule has 0 saturated carbocycles. The van der Waals surface area contributed by atoms with Crippen molar-refractivity contribution >= 4 is 57.7 Å². The van der Waals surface area contributed by atoms with E-state index in [4.69, 9.17) is 39.2 Å². The van der Waals surface area contributed by atoms with Crippen molar-refractivity contribution in [2.45, 2.75) is 13.0 Å². The summed E-state index contributed by atoms with van der Waals surface area (Å²) in [5, 5.41) is 6.82. The molecule has 0 unspecified atom stereocenters. The Balaban J connectivity index is 1.58. The van der Waals surface area contributed by atoms with E-state index >= 15 is 0 Å². The van der Waals surface area contributed by atoms with Gasteiger partial charge in [-0.25, -0.2) is 4.79 Å². The molecule has 3 rings (SSSR count). The van der Waals surface area contributed by atoms with E-state index in [0.29, 0.717) is 10.7 Å². The van der Waals surface area contributed by atoms with Crippen LogP contribution in [0.1, 0.15) is 6.42 Å². The van der Waals surface area contributed by atoms with Gasteiger partial charge in [0, 0.05) is 11.4 Å². The number of halogens is 3. The first kappa shape index (κ1) is 18.8. The Bertz CT molecular complexity index is 961. The van der Waals surface area contributed by atoms with Gasteiger partial charge in [-0.05, 0) is 23.6 Å². The highest BCUT2D eigenvalue weighted by molar-refractivity contribution is 7.13. The molecule has 2 aromatic heterocycles. The number of aryl methyl sites for hydroxylation is 1. The van der Waals surface area contributed by atoms with E-state index in [9.17, 15) is 9.59 Å². The summed E-state index contributed by atoms with van der Waals surface area (Å²) in [7, 11) is 0. The predicted molar refractivity (Wildman–Crippen MR) is 102 cm³/mol. The first-order chi connectivity index (χ1) is 12.4. The van der Waals surface area contributed by atoms with Crippen molar-refractivity contribution in [1.29, 1.82) is 0 Å². The highest BCUT2D eigenvalue weighted by atomic mass is 35.5. The fourth-order valence-electron chi connectivity index (χ4n) is 2.01. The zero-order valence-corrected chi connectivity index (χ0v) is 16.0. The van der Waals surface area contributed by atoms with Crippen LogP contribution in [0.5, 0.6) is 0 Å². The number of benzene rings is 1. The van der Waals surface area contributed by atoms with Gasteiger partial charge in [-0.3, -0.25) is 15.6 Å². The molecule has 0 radical (unpaired) electrons. The number of hydrogen-bond donors (Lipinski definition) is 2. The third-order valence-electron chi connectivity index (χ3n) is 3.22. The number of aromatic nitrogens is 2. The Kier molecular flexibility index (Phi) is 5.87. The van der Waals surface area contributed by atoms with Gasteiger partial charge < -0.3 is 4.42 Å². The van der Waals surface area contributed by atoms with Gasteiger partial charge in [0.05, 0.1) is 27.2 Å². The summed E-state index contributed by atoms with van der Waals surface area (Å²) in [5.41, 5.74) is 5.41. The Morgan fingerprint density at radius 3 is 2.65 bits per heavy atom. The SMILES string of the molecule is O=C(CCn1nc(-c2cccs2)oc1=O)NNc1c(Cl)cc(Cl)cc1Cl. The van der Waals surface area contributed by atoms with Crippen LogP contribution in [0.4, 0.5) is 5.69 Å². The van der Waals surface area contributed by atoms with Crippen molar-refractivity contribution < 1.29 is 9.21 Å². The number of thiophene rings is 1. The Morgan fingerprint density at radius 1 is 1.27 bits per heavy atom. The van der Waals surface area contributed by atoms with Crippen LogP contribution in [0.3, 0.4) is 0 Å². The van der Waals surface area contributed by atoms with Crippen molar-refractivity contribution in [3.63, 3.8) is 0 Å². The number of carbonyl (C=O) groups excluding carboxylic acids is 1. The maximum absolute atomic E-state index is 12.0. The second-order valence-electron chi connectivity index (χ2n) is 5.04. The Labute approximate surface area is 166 Å². The molecule has 7 nitrogen and oxygen atoms in total. The molecule has 0 bridgehead atoms. The van der Waals surface area contributed by atoms with Crippen LogP contribution in [0.25, 0.3) is 10.8 Å². The maximum atomic E-state index is 12.0. The summed E-state index contributed by atoms with van der Waals surface area (Å²) in [6.07, 6.45) is -0.00779. The molecule has 0 fully saturated rings. The molecule has 2 N–H and O–H groups in total. The maximum Gasteiger partial charge on any atom is 0.437 e. The number of hydrazine groups is 1. The van der Waals surface area contributed by atoms with Crippen LogP contribution in [0.2, 0.25) is 15.1 Å². The van der Waals surface area contributed by atoms with Crippen LogP contribution in [0.15, 0.2) is 38.9 Å². The summed E-state index contributed by atoms with van der Waals surface area (Å²) < 4.78 is 6.17. The van der Waals surface area contributed by atoms with Gasteiger partial charge in [0.1, 0.15) is 0 Å². The Morgan fingerprint density at radius 2 is 2.00 bits per heavy atom. The molecule has 0 spiro atoms. The minimum Gasteiger partial charge on any atom is -0.387 e. The Hall–Kier alpha value is -2.00. The molecular formula is C15H11Cl3N4O3S. The molecule has 0 atom stereocenters. The lowest BCUT2D eigenvalue weighted by Crippen LogP contribution is -2.31. The monoisotopic (exact) mass is 432 g/mol. The molecule has 11 heteroatoms. The summed E-state index contributed by atoms with van der Waals surface area (Å²) in [6.45, 7) is 0.0588. The molecule has 0 aliphatic carbocycles. The molecule has 26 heavy (non-hydrogen) atoms. The normalized spacial score (nSPS) is 10.7. The van der Waals surface area contributed by atoms with E-state index in [0.717, 1.165) is 9.56 Å². The lowest BCUT2D eigenvalue weighted by Gasteiger charge is -2.11. The van der Waals surface area contributed by atoms with Crippen molar-refractivity contribution in [3.8, 4) is 10.8 Å². The molecule has 1 aromatic carbocycles. The average molecular weight is 434 g/mol. The van der Waals surface area contributed by atoms with Crippen molar-refractivity contribution in [2.24, 2.45) is 0 Å². The summed E-state index contributed by atoms with van der Waals surface area (Å²) >= 11 is 19.3. The van der Waals surface area contributed by atoms with Crippen LogP contribution in [-0.2, 0) is 11.3 Å². The van der Waals surface area contributed by atoms with Gasteiger partial charge in [0.15, 0.2) is 0 Å². The zero-order chi connectivity index (χ0) is 18.7. The number of amides is 1. The zero-order valence-electron chi connectivity index (χ0n) is 13.0. The predicted octanol–water partition coefficient (Wildman–Crippen LogP) is 4.06. The first-order valence-electron chi connectivity index (χ1n) is 7.25. The van der Waals surface area contributed by atoms with Crippen molar-refractivity contribution in [1.82, 2.24) is 15.2 Å². The number of nitrogens with zero attached hydrogens (tertiary/aromatic N) is 2. The van der Waals surface area contributed by atoms with E-state index in [1.54, 1.807) is 6.07 Å². The molecule has 0 aliphatic rings. The fourth-order valence-corrected chi connectivity index (χ4v) is 3.57. The minimum absolute atomic E-state index is 0.00779. The quantitative estimate of drug-likeness (QED) is 0.572.